The maximum Gasteiger partial charge on any atom is 0.160 e. The molecule has 48 heavy (non-hydrogen) atoms. The zero-order valence-corrected chi connectivity index (χ0v) is 26.2. The summed E-state index contributed by atoms with van der Waals surface area (Å²) in [5, 5.41) is 25.9. The van der Waals surface area contributed by atoms with Crippen molar-refractivity contribution in [1.82, 2.24) is 14.5 Å². The number of benzene rings is 6. The molecule has 0 amide bonds. The molecule has 0 saturated carbocycles. The molecule has 0 saturated heterocycles. The van der Waals surface area contributed by atoms with Gasteiger partial charge in [-0.1, -0.05) is 109 Å². The van der Waals surface area contributed by atoms with Crippen LogP contribution < -0.4 is 0 Å². The van der Waals surface area contributed by atoms with Gasteiger partial charge >= 0.3 is 0 Å². The second-order valence-electron chi connectivity index (χ2n) is 11.6. The fraction of sp³-hybridized carbons (Fsp3) is 0. The van der Waals surface area contributed by atoms with Crippen LogP contribution in [0.3, 0.4) is 0 Å². The molecule has 0 aliphatic rings. The third-order valence-electron chi connectivity index (χ3n) is 8.91. The quantitative estimate of drug-likeness (QED) is 0.194. The van der Waals surface area contributed by atoms with Crippen LogP contribution >= 0.6 is 11.3 Å². The zero-order chi connectivity index (χ0) is 32.2. The molecule has 0 atom stereocenters. The molecule has 0 aliphatic heterocycles. The van der Waals surface area contributed by atoms with E-state index in [0.717, 1.165) is 33.2 Å². The molecule has 222 valence electrons. The lowest BCUT2D eigenvalue weighted by Crippen LogP contribution is -2.02. The van der Waals surface area contributed by atoms with E-state index in [4.69, 9.17) is 9.97 Å². The largest absolute Gasteiger partial charge is 0.308 e. The Hall–Kier alpha value is -6.60. The molecule has 0 radical (unpaired) electrons. The lowest BCUT2D eigenvalue weighted by molar-refractivity contribution is 1.15. The van der Waals surface area contributed by atoms with Crippen LogP contribution in [0.15, 0.2) is 140 Å². The van der Waals surface area contributed by atoms with Crippen molar-refractivity contribution in [2.75, 3.05) is 0 Å². The maximum absolute atomic E-state index is 10.6. The summed E-state index contributed by atoms with van der Waals surface area (Å²) >= 11 is 1.80. The summed E-state index contributed by atoms with van der Waals surface area (Å²) in [7, 11) is 0. The first-order valence-electron chi connectivity index (χ1n) is 15.5. The van der Waals surface area contributed by atoms with Crippen LogP contribution in [0.25, 0.3) is 81.6 Å². The summed E-state index contributed by atoms with van der Waals surface area (Å²) in [5.41, 5.74) is 7.07. The van der Waals surface area contributed by atoms with Crippen molar-refractivity contribution in [2.24, 2.45) is 0 Å². The van der Waals surface area contributed by atoms with E-state index in [9.17, 15) is 10.5 Å². The third kappa shape index (κ3) is 4.22. The Balaban J connectivity index is 1.29. The molecule has 6 aromatic carbocycles. The third-order valence-corrected chi connectivity index (χ3v) is 10.1. The number of rotatable bonds is 4. The molecule has 3 aromatic heterocycles. The fourth-order valence-corrected chi connectivity index (χ4v) is 8.02. The number of hydrogen-bond acceptors (Lipinski definition) is 5. The van der Waals surface area contributed by atoms with Crippen LogP contribution in [0.1, 0.15) is 11.1 Å². The summed E-state index contributed by atoms with van der Waals surface area (Å²) < 4.78 is 4.68. The van der Waals surface area contributed by atoms with Gasteiger partial charge in [-0.25, -0.2) is 9.97 Å². The van der Waals surface area contributed by atoms with Crippen molar-refractivity contribution in [3.05, 3.63) is 151 Å². The Labute approximate surface area is 279 Å². The Morgan fingerprint density at radius 2 is 1.21 bits per heavy atom. The Bertz CT molecular complexity index is 2800. The lowest BCUT2D eigenvalue weighted by atomic mass is 9.98. The van der Waals surface area contributed by atoms with Crippen LogP contribution in [0.2, 0.25) is 0 Å². The van der Waals surface area contributed by atoms with Gasteiger partial charge < -0.3 is 4.57 Å². The molecular weight excluding hydrogens is 607 g/mol. The smallest absolute Gasteiger partial charge is 0.160 e. The number of thiophene rings is 1. The van der Waals surface area contributed by atoms with E-state index in [1.165, 1.54) is 25.6 Å². The topological polar surface area (TPSA) is 78.3 Å². The molecule has 5 nitrogen and oxygen atoms in total. The highest BCUT2D eigenvalue weighted by Crippen LogP contribution is 2.44. The van der Waals surface area contributed by atoms with E-state index < -0.39 is 0 Å². The van der Waals surface area contributed by atoms with Gasteiger partial charge in [-0.05, 0) is 30.3 Å². The lowest BCUT2D eigenvalue weighted by Gasteiger charge is -2.14. The Morgan fingerprint density at radius 1 is 0.542 bits per heavy atom. The first-order valence-corrected chi connectivity index (χ1v) is 16.4. The fourth-order valence-electron chi connectivity index (χ4n) is 6.76. The van der Waals surface area contributed by atoms with E-state index in [1.54, 1.807) is 11.3 Å². The van der Waals surface area contributed by atoms with E-state index in [0.29, 0.717) is 33.9 Å². The molecule has 0 spiro atoms. The first-order chi connectivity index (χ1) is 23.7. The van der Waals surface area contributed by atoms with Crippen molar-refractivity contribution < 1.29 is 0 Å². The minimum absolute atomic E-state index is 0.363. The molecule has 0 unspecified atom stereocenters. The molecule has 0 bridgehead atoms. The molecule has 0 fully saturated rings. The zero-order valence-electron chi connectivity index (χ0n) is 25.4. The standard InChI is InChI=1S/C42H23N5S/c43-24-29-23-28(40-33(25-44)39(26-11-3-1-4-12-26)45-42(46-40)27-13-5-2-6-14-27)19-21-34(29)47-35-17-9-7-16-32(35)38-36(47)22-20-31-30-15-8-10-18-37(30)48-41(31)38/h1-23H. The van der Waals surface area contributed by atoms with Gasteiger partial charge in [0, 0.05) is 47.6 Å². The first kappa shape index (κ1) is 27.7. The van der Waals surface area contributed by atoms with Crippen LogP contribution in [0, 0.1) is 22.7 Å². The predicted octanol–water partition coefficient (Wildman–Crippen LogP) is 10.7. The van der Waals surface area contributed by atoms with E-state index in [2.05, 4.69) is 71.3 Å². The number of nitrogens with zero attached hydrogens (tertiary/aromatic N) is 5. The van der Waals surface area contributed by atoms with Crippen molar-refractivity contribution in [2.45, 2.75) is 0 Å². The van der Waals surface area contributed by atoms with Crippen molar-refractivity contribution in [3.8, 4) is 51.7 Å². The van der Waals surface area contributed by atoms with E-state index in [-0.39, 0.29) is 0 Å². The summed E-state index contributed by atoms with van der Waals surface area (Å²) in [6.07, 6.45) is 0. The van der Waals surface area contributed by atoms with Gasteiger partial charge in [0.25, 0.3) is 0 Å². The van der Waals surface area contributed by atoms with Gasteiger partial charge in [-0.2, -0.15) is 10.5 Å². The highest BCUT2D eigenvalue weighted by atomic mass is 32.1. The number of nitriles is 2. The van der Waals surface area contributed by atoms with Gasteiger partial charge in [0.05, 0.1) is 33.7 Å². The summed E-state index contributed by atoms with van der Waals surface area (Å²) in [6.45, 7) is 0. The highest BCUT2D eigenvalue weighted by Gasteiger charge is 2.22. The van der Waals surface area contributed by atoms with Gasteiger partial charge in [0.15, 0.2) is 5.82 Å². The van der Waals surface area contributed by atoms with E-state index in [1.807, 2.05) is 84.9 Å². The predicted molar refractivity (Wildman–Crippen MR) is 195 cm³/mol. The van der Waals surface area contributed by atoms with E-state index >= 15 is 0 Å². The SMILES string of the molecule is N#Cc1cc(-c2nc(-c3ccccc3)nc(-c3ccccc3)c2C#N)ccc1-n1c2ccccc2c2c3sc4ccccc4c3ccc21. The summed E-state index contributed by atoms with van der Waals surface area (Å²) in [6, 6.07) is 51.4. The van der Waals surface area contributed by atoms with Crippen molar-refractivity contribution in [3.63, 3.8) is 0 Å². The number of aromatic nitrogens is 3. The molecule has 6 heteroatoms. The molecule has 3 heterocycles. The second-order valence-corrected chi connectivity index (χ2v) is 12.6. The Kier molecular flexibility index (Phi) is 6.36. The highest BCUT2D eigenvalue weighted by molar-refractivity contribution is 7.26. The monoisotopic (exact) mass is 629 g/mol. The molecule has 0 aliphatic carbocycles. The minimum atomic E-state index is 0.363. The van der Waals surface area contributed by atoms with Gasteiger partial charge in [-0.15, -0.1) is 11.3 Å². The van der Waals surface area contributed by atoms with Gasteiger partial charge in [-0.3, -0.25) is 0 Å². The molecular formula is C42H23N5S. The maximum atomic E-state index is 10.6. The average Bonchev–Trinajstić information content (AvgIpc) is 3.70. The average molecular weight is 630 g/mol. The van der Waals surface area contributed by atoms with Crippen LogP contribution in [0.4, 0.5) is 0 Å². The molecule has 0 N–H and O–H groups in total. The van der Waals surface area contributed by atoms with Crippen molar-refractivity contribution >= 4 is 53.3 Å². The van der Waals surface area contributed by atoms with Crippen molar-refractivity contribution in [1.29, 1.82) is 10.5 Å². The normalized spacial score (nSPS) is 11.3. The van der Waals surface area contributed by atoms with Crippen LogP contribution in [0.5, 0.6) is 0 Å². The second kappa shape index (κ2) is 11.0. The summed E-state index contributed by atoms with van der Waals surface area (Å²) in [5.74, 6) is 0.515. The van der Waals surface area contributed by atoms with Gasteiger partial charge in [0.1, 0.15) is 17.7 Å². The number of hydrogen-bond donors (Lipinski definition) is 0. The molecule has 9 aromatic rings. The Morgan fingerprint density at radius 3 is 1.96 bits per heavy atom. The molecule has 9 rings (SSSR count). The number of para-hydroxylation sites is 1. The minimum Gasteiger partial charge on any atom is -0.308 e. The van der Waals surface area contributed by atoms with Crippen LogP contribution in [-0.4, -0.2) is 14.5 Å². The number of fused-ring (bicyclic) bond motifs is 7. The van der Waals surface area contributed by atoms with Gasteiger partial charge in [0.2, 0.25) is 0 Å². The summed E-state index contributed by atoms with van der Waals surface area (Å²) in [4.78, 5) is 9.82. The van der Waals surface area contributed by atoms with Crippen LogP contribution in [-0.2, 0) is 0 Å².